The lowest BCUT2D eigenvalue weighted by Gasteiger charge is -2.70. The lowest BCUT2D eigenvalue weighted by molar-refractivity contribution is -0.212. The monoisotopic (exact) mass is 638 g/mol. The number of amides is 1. The summed E-state index contributed by atoms with van der Waals surface area (Å²) in [7, 11) is 2.13. The molecule has 6 rings (SSSR count). The molecule has 1 N–H and O–H groups in total. The van der Waals surface area contributed by atoms with E-state index in [1.165, 1.54) is 11.1 Å². The number of carbonyl (C=O) groups is 3. The molecule has 4 unspecified atom stereocenters. The Kier molecular flexibility index (Phi) is 8.59. The minimum absolute atomic E-state index is 0.0271. The Morgan fingerprint density at radius 1 is 0.978 bits per heavy atom. The number of nitrogens with zero attached hydrogens (tertiary/aromatic N) is 1. The maximum absolute atomic E-state index is 13.9. The van der Waals surface area contributed by atoms with Crippen molar-refractivity contribution in [2.24, 2.45) is 51.2 Å². The summed E-state index contributed by atoms with van der Waals surface area (Å²) in [4.78, 5) is 41.8. The van der Waals surface area contributed by atoms with Crippen LogP contribution in [0.3, 0.4) is 0 Å². The molecule has 0 bridgehead atoms. The summed E-state index contributed by atoms with van der Waals surface area (Å²) in [6.45, 7) is 20.7. The number of fused-ring (bicyclic) bond motifs is 6. The number of Topliss-reactive ketones (excluding diaryl/α,β-unsaturated/α-hetero) is 1. The molecule has 46 heavy (non-hydrogen) atoms. The number of rotatable bonds is 5. The summed E-state index contributed by atoms with van der Waals surface area (Å²) in [5.74, 6) is 1.57. The normalized spacial score (nSPS) is 43.7. The molecule has 1 heterocycles. The second kappa shape index (κ2) is 11.6. The maximum atomic E-state index is 13.9. The Hall–Kier alpha value is -1.89. The predicted octanol–water partition coefficient (Wildman–Crippen LogP) is 7.72. The summed E-state index contributed by atoms with van der Waals surface area (Å²) in [6, 6.07) is 0. The Labute approximate surface area is 278 Å². The minimum Gasteiger partial charge on any atom is -0.462 e. The maximum Gasteiger partial charge on any atom is 0.407 e. The van der Waals surface area contributed by atoms with Crippen molar-refractivity contribution in [3.05, 3.63) is 11.1 Å². The van der Waals surface area contributed by atoms with E-state index in [-0.39, 0.29) is 57.4 Å². The molecule has 0 aromatic heterocycles. The number of ketones is 1. The van der Waals surface area contributed by atoms with E-state index in [2.05, 4.69) is 65.7 Å². The van der Waals surface area contributed by atoms with E-state index < -0.39 is 5.54 Å². The van der Waals surface area contributed by atoms with E-state index in [1.807, 2.05) is 0 Å². The number of allylic oxidation sites excluding steroid dienone is 1. The highest BCUT2D eigenvalue weighted by atomic mass is 16.6. The van der Waals surface area contributed by atoms with Gasteiger partial charge in [-0.25, -0.2) is 4.79 Å². The Morgan fingerprint density at radius 3 is 2.39 bits per heavy atom. The molecule has 5 aliphatic carbocycles. The fraction of sp³-hybridized carbons (Fsp3) is 0.872. The number of ether oxygens (including phenoxy) is 2. The number of hydrogen-bond donors (Lipinski definition) is 1. The lowest BCUT2D eigenvalue weighted by Crippen LogP contribution is -2.65. The van der Waals surface area contributed by atoms with Crippen LogP contribution in [0, 0.1) is 51.2 Å². The molecule has 0 aromatic carbocycles. The fourth-order valence-corrected chi connectivity index (χ4v) is 12.9. The molecule has 6 aliphatic rings. The molecule has 4 saturated carbocycles. The lowest BCUT2D eigenvalue weighted by atomic mass is 9.34. The smallest absolute Gasteiger partial charge is 0.407 e. The highest BCUT2D eigenvalue weighted by Gasteiger charge is 2.69. The molecule has 7 heteroatoms. The van der Waals surface area contributed by atoms with Crippen LogP contribution in [0.15, 0.2) is 11.1 Å². The van der Waals surface area contributed by atoms with Crippen LogP contribution >= 0.6 is 0 Å². The first-order valence-electron chi connectivity index (χ1n) is 18.6. The minimum atomic E-state index is -0.629. The van der Waals surface area contributed by atoms with Crippen molar-refractivity contribution in [3.63, 3.8) is 0 Å². The van der Waals surface area contributed by atoms with Gasteiger partial charge in [-0.1, -0.05) is 54.0 Å². The molecule has 7 nitrogen and oxygen atoms in total. The second-order valence-electron chi connectivity index (χ2n) is 18.2. The van der Waals surface area contributed by atoms with Gasteiger partial charge < -0.3 is 19.7 Å². The van der Waals surface area contributed by atoms with E-state index in [0.717, 1.165) is 77.3 Å². The molecular weight excluding hydrogens is 576 g/mol. The number of alkyl carbamates (subject to hydrolysis) is 1. The van der Waals surface area contributed by atoms with Crippen LogP contribution in [0.5, 0.6) is 0 Å². The first-order chi connectivity index (χ1) is 21.5. The number of esters is 1. The second-order valence-corrected chi connectivity index (χ2v) is 18.2. The van der Waals surface area contributed by atoms with Crippen molar-refractivity contribution < 1.29 is 23.9 Å². The van der Waals surface area contributed by atoms with E-state index in [1.54, 1.807) is 6.92 Å². The first kappa shape index (κ1) is 34.0. The molecule has 5 fully saturated rings. The van der Waals surface area contributed by atoms with Crippen LogP contribution < -0.4 is 5.32 Å². The van der Waals surface area contributed by atoms with Gasteiger partial charge in [0.2, 0.25) is 0 Å². The number of likely N-dealkylation sites (tertiary alicyclic amines) is 1. The third-order valence-corrected chi connectivity index (χ3v) is 15.1. The predicted molar refractivity (Wildman–Crippen MR) is 180 cm³/mol. The molecular formula is C39H62N2O5. The molecule has 9 atom stereocenters. The van der Waals surface area contributed by atoms with Crippen LogP contribution in [-0.4, -0.2) is 61.1 Å². The van der Waals surface area contributed by atoms with Gasteiger partial charge in [-0.05, 0) is 117 Å². The van der Waals surface area contributed by atoms with Crippen LogP contribution in [0.25, 0.3) is 0 Å². The van der Waals surface area contributed by atoms with Gasteiger partial charge >= 0.3 is 12.1 Å². The fourth-order valence-electron chi connectivity index (χ4n) is 12.9. The van der Waals surface area contributed by atoms with Crippen molar-refractivity contribution in [3.8, 4) is 0 Å². The zero-order valence-electron chi connectivity index (χ0n) is 30.4. The molecule has 1 aliphatic heterocycles. The van der Waals surface area contributed by atoms with Gasteiger partial charge in [0.15, 0.2) is 0 Å². The molecule has 0 spiro atoms. The SMILES string of the molecule is CC(=O)O[C@H]1CC[C@@]2(C)C(CC[C@]3(C)C2CCC2=C4C(C(C)C)C(=O)C[C@]4(NC(=O)OCC4CCCN(C)C4)CC[C@]23C)C1(C)C. The van der Waals surface area contributed by atoms with Gasteiger partial charge in [0.25, 0.3) is 0 Å². The summed E-state index contributed by atoms with van der Waals surface area (Å²) in [6.07, 6.45) is 10.4. The highest BCUT2D eigenvalue weighted by molar-refractivity contribution is 5.92. The number of piperidine rings is 1. The van der Waals surface area contributed by atoms with E-state index in [4.69, 9.17) is 9.47 Å². The van der Waals surface area contributed by atoms with Gasteiger partial charge in [0, 0.05) is 37.1 Å². The molecule has 0 radical (unpaired) electrons. The van der Waals surface area contributed by atoms with Gasteiger partial charge in [0.1, 0.15) is 11.9 Å². The largest absolute Gasteiger partial charge is 0.462 e. The average Bonchev–Trinajstić information content (AvgIpc) is 3.25. The van der Waals surface area contributed by atoms with Gasteiger partial charge in [-0.3, -0.25) is 9.59 Å². The standard InChI is InChI=1S/C39H62N2O5/c1-24(2)32-28(43)21-39(40-34(44)45-23-26-11-10-20-41(9)22-26)19-18-37(7)27(33(32)39)12-13-30-36(6)16-15-31(46-25(3)42)35(4,5)29(36)14-17-38(30,37)8/h24,26,29-32H,10-23H2,1-9H3,(H,40,44)/t26?,29?,30?,31-,32?,36-,37+,38+,39+/m0/s1. The van der Waals surface area contributed by atoms with Crippen molar-refractivity contribution >= 4 is 17.8 Å². The Morgan fingerprint density at radius 2 is 1.72 bits per heavy atom. The first-order valence-corrected chi connectivity index (χ1v) is 18.6. The summed E-state index contributed by atoms with van der Waals surface area (Å²) in [5.41, 5.74) is 2.26. The quantitative estimate of drug-likeness (QED) is 0.245. The van der Waals surface area contributed by atoms with Crippen LogP contribution in [-0.2, 0) is 19.1 Å². The summed E-state index contributed by atoms with van der Waals surface area (Å²) < 4.78 is 11.8. The molecule has 1 saturated heterocycles. The van der Waals surface area contributed by atoms with Crippen molar-refractivity contribution in [2.45, 2.75) is 138 Å². The Balaban J connectivity index is 1.32. The van der Waals surface area contributed by atoms with Gasteiger partial charge in [-0.15, -0.1) is 0 Å². The summed E-state index contributed by atoms with van der Waals surface area (Å²) >= 11 is 0. The Bertz CT molecular complexity index is 1290. The van der Waals surface area contributed by atoms with Crippen molar-refractivity contribution in [2.75, 3.05) is 26.7 Å². The van der Waals surface area contributed by atoms with Crippen LogP contribution in [0.4, 0.5) is 4.79 Å². The van der Waals surface area contributed by atoms with Gasteiger partial charge in [0.05, 0.1) is 12.1 Å². The molecule has 0 aromatic rings. The van der Waals surface area contributed by atoms with Crippen molar-refractivity contribution in [1.29, 1.82) is 0 Å². The zero-order chi connectivity index (χ0) is 33.4. The average molecular weight is 639 g/mol. The number of nitrogens with one attached hydrogen (secondary N) is 1. The zero-order valence-corrected chi connectivity index (χ0v) is 30.4. The van der Waals surface area contributed by atoms with E-state index in [0.29, 0.717) is 30.8 Å². The molecule has 1 amide bonds. The topological polar surface area (TPSA) is 84.9 Å². The van der Waals surface area contributed by atoms with Crippen LogP contribution in [0.2, 0.25) is 0 Å². The number of hydrogen-bond acceptors (Lipinski definition) is 6. The van der Waals surface area contributed by atoms with Crippen molar-refractivity contribution in [1.82, 2.24) is 10.2 Å². The third kappa shape index (κ3) is 5.10. The third-order valence-electron chi connectivity index (χ3n) is 15.1. The van der Waals surface area contributed by atoms with E-state index >= 15 is 0 Å². The highest BCUT2D eigenvalue weighted by Crippen LogP contribution is 2.75. The number of carbonyl (C=O) groups excluding carboxylic acids is 3. The van der Waals surface area contributed by atoms with Gasteiger partial charge in [-0.2, -0.15) is 0 Å². The van der Waals surface area contributed by atoms with Crippen LogP contribution in [0.1, 0.15) is 126 Å². The molecule has 258 valence electrons. The van der Waals surface area contributed by atoms with E-state index in [9.17, 15) is 14.4 Å². The summed E-state index contributed by atoms with van der Waals surface area (Å²) in [5, 5.41) is 3.38.